The van der Waals surface area contributed by atoms with Crippen molar-refractivity contribution in [3.05, 3.63) is 0 Å². The standard InChI is InChI=1S/C14H22N2O2/c1-9-6-7-10(8-15-9)16-13(17)11-4-2-3-5-12(11)14(16)18/h9-12,15H,2-8H2,1H3. The topological polar surface area (TPSA) is 49.4 Å². The molecule has 4 atom stereocenters. The van der Waals surface area contributed by atoms with Crippen molar-refractivity contribution < 1.29 is 9.59 Å². The van der Waals surface area contributed by atoms with E-state index in [9.17, 15) is 9.59 Å². The zero-order valence-corrected chi connectivity index (χ0v) is 11.0. The minimum atomic E-state index is 0.00519. The first kappa shape index (κ1) is 12.2. The Balaban J connectivity index is 1.76. The Hall–Kier alpha value is -0.900. The van der Waals surface area contributed by atoms with Crippen LogP contribution in [-0.2, 0) is 9.59 Å². The van der Waals surface area contributed by atoms with E-state index in [2.05, 4.69) is 12.2 Å². The molecular weight excluding hydrogens is 228 g/mol. The highest BCUT2D eigenvalue weighted by atomic mass is 16.2. The van der Waals surface area contributed by atoms with Crippen LogP contribution >= 0.6 is 0 Å². The van der Waals surface area contributed by atoms with Crippen molar-refractivity contribution in [2.45, 2.75) is 57.5 Å². The highest BCUT2D eigenvalue weighted by molar-refractivity contribution is 6.05. The van der Waals surface area contributed by atoms with E-state index < -0.39 is 0 Å². The summed E-state index contributed by atoms with van der Waals surface area (Å²) in [7, 11) is 0. The number of likely N-dealkylation sites (tertiary alicyclic amines) is 1. The molecule has 3 rings (SSSR count). The lowest BCUT2D eigenvalue weighted by Crippen LogP contribution is -2.51. The van der Waals surface area contributed by atoms with Crippen LogP contribution < -0.4 is 5.32 Å². The number of nitrogens with one attached hydrogen (secondary N) is 1. The SMILES string of the molecule is CC1CCC(N2C(=O)C3CCCCC3C2=O)CN1. The van der Waals surface area contributed by atoms with Crippen LogP contribution in [0.15, 0.2) is 0 Å². The van der Waals surface area contributed by atoms with Gasteiger partial charge in [0.2, 0.25) is 11.8 Å². The van der Waals surface area contributed by atoms with Crippen LogP contribution in [0.3, 0.4) is 0 Å². The van der Waals surface area contributed by atoms with Crippen molar-refractivity contribution in [1.82, 2.24) is 10.2 Å². The maximum atomic E-state index is 12.4. The fourth-order valence-electron chi connectivity index (χ4n) is 3.75. The molecule has 2 amide bonds. The molecule has 0 aromatic carbocycles. The first-order chi connectivity index (χ1) is 8.68. The minimum absolute atomic E-state index is 0.00519. The van der Waals surface area contributed by atoms with E-state index in [0.29, 0.717) is 6.04 Å². The Morgan fingerprint density at radius 1 is 1.00 bits per heavy atom. The van der Waals surface area contributed by atoms with E-state index in [4.69, 9.17) is 0 Å². The van der Waals surface area contributed by atoms with Gasteiger partial charge in [-0.05, 0) is 32.6 Å². The van der Waals surface area contributed by atoms with Crippen molar-refractivity contribution >= 4 is 11.8 Å². The third-order valence-corrected chi connectivity index (χ3v) is 4.88. The molecule has 1 saturated carbocycles. The van der Waals surface area contributed by atoms with Crippen molar-refractivity contribution in [2.75, 3.05) is 6.54 Å². The Morgan fingerprint density at radius 2 is 1.61 bits per heavy atom. The number of imide groups is 1. The Morgan fingerprint density at radius 3 is 2.11 bits per heavy atom. The largest absolute Gasteiger partial charge is 0.312 e. The molecule has 2 heterocycles. The van der Waals surface area contributed by atoms with Gasteiger partial charge in [-0.25, -0.2) is 0 Å². The zero-order valence-electron chi connectivity index (χ0n) is 11.0. The molecular formula is C14H22N2O2. The van der Waals surface area contributed by atoms with Gasteiger partial charge in [-0.3, -0.25) is 14.5 Å². The number of piperidine rings is 1. The highest BCUT2D eigenvalue weighted by Crippen LogP contribution is 2.39. The Bertz CT molecular complexity index is 337. The van der Waals surface area contributed by atoms with Gasteiger partial charge in [0.15, 0.2) is 0 Å². The number of fused-ring (bicyclic) bond motifs is 1. The fraction of sp³-hybridized carbons (Fsp3) is 0.857. The van der Waals surface area contributed by atoms with Gasteiger partial charge < -0.3 is 5.32 Å². The molecule has 1 aliphatic carbocycles. The third-order valence-electron chi connectivity index (χ3n) is 4.88. The number of nitrogens with zero attached hydrogens (tertiary/aromatic N) is 1. The molecule has 2 aliphatic heterocycles. The van der Waals surface area contributed by atoms with Gasteiger partial charge in [0.1, 0.15) is 0 Å². The van der Waals surface area contributed by atoms with Crippen LogP contribution in [0, 0.1) is 11.8 Å². The number of rotatable bonds is 1. The number of hydrogen-bond donors (Lipinski definition) is 1. The van der Waals surface area contributed by atoms with Crippen molar-refractivity contribution in [3.8, 4) is 0 Å². The minimum Gasteiger partial charge on any atom is -0.312 e. The average Bonchev–Trinajstić information content (AvgIpc) is 2.64. The van der Waals surface area contributed by atoms with Gasteiger partial charge in [-0.2, -0.15) is 0 Å². The van der Waals surface area contributed by atoms with Gasteiger partial charge in [-0.15, -0.1) is 0 Å². The lowest BCUT2D eigenvalue weighted by atomic mass is 9.81. The van der Waals surface area contributed by atoms with Gasteiger partial charge in [0.05, 0.1) is 17.9 Å². The summed E-state index contributed by atoms with van der Waals surface area (Å²) in [5.41, 5.74) is 0. The van der Waals surface area contributed by atoms with E-state index >= 15 is 0 Å². The molecule has 0 radical (unpaired) electrons. The lowest BCUT2D eigenvalue weighted by molar-refractivity contribution is -0.143. The van der Waals surface area contributed by atoms with Crippen molar-refractivity contribution in [3.63, 3.8) is 0 Å². The molecule has 4 nitrogen and oxygen atoms in total. The quantitative estimate of drug-likeness (QED) is 0.714. The molecule has 2 saturated heterocycles. The van der Waals surface area contributed by atoms with Crippen LogP contribution in [0.1, 0.15) is 45.4 Å². The molecule has 3 aliphatic rings. The van der Waals surface area contributed by atoms with Crippen LogP contribution in [0.5, 0.6) is 0 Å². The second kappa shape index (κ2) is 4.65. The maximum Gasteiger partial charge on any atom is 0.233 e. The number of carbonyl (C=O) groups excluding carboxylic acids is 2. The summed E-state index contributed by atoms with van der Waals surface area (Å²) in [6, 6.07) is 0.614. The fourth-order valence-corrected chi connectivity index (χ4v) is 3.75. The van der Waals surface area contributed by atoms with E-state index in [1.807, 2.05) is 0 Å². The predicted molar refractivity (Wildman–Crippen MR) is 67.8 cm³/mol. The molecule has 3 fully saturated rings. The van der Waals surface area contributed by atoms with E-state index in [0.717, 1.165) is 45.1 Å². The first-order valence-corrected chi connectivity index (χ1v) is 7.29. The second-order valence-electron chi connectivity index (χ2n) is 6.08. The molecule has 100 valence electrons. The lowest BCUT2D eigenvalue weighted by Gasteiger charge is -2.33. The molecule has 4 heteroatoms. The van der Waals surface area contributed by atoms with Crippen LogP contribution in [-0.4, -0.2) is 35.3 Å². The predicted octanol–water partition coefficient (Wildman–Crippen LogP) is 1.30. The number of hydrogen-bond acceptors (Lipinski definition) is 3. The molecule has 0 aromatic rings. The molecule has 4 unspecified atom stereocenters. The number of amides is 2. The molecule has 18 heavy (non-hydrogen) atoms. The Labute approximate surface area is 108 Å². The van der Waals surface area contributed by atoms with Gasteiger partial charge in [0, 0.05) is 12.6 Å². The van der Waals surface area contributed by atoms with Gasteiger partial charge in [-0.1, -0.05) is 12.8 Å². The molecule has 0 bridgehead atoms. The average molecular weight is 250 g/mol. The normalized spacial score (nSPS) is 41.1. The summed E-state index contributed by atoms with van der Waals surface area (Å²) >= 11 is 0. The maximum absolute atomic E-state index is 12.4. The third kappa shape index (κ3) is 1.87. The van der Waals surface area contributed by atoms with Crippen molar-refractivity contribution in [1.29, 1.82) is 0 Å². The molecule has 1 N–H and O–H groups in total. The van der Waals surface area contributed by atoms with Gasteiger partial charge >= 0.3 is 0 Å². The smallest absolute Gasteiger partial charge is 0.233 e. The van der Waals surface area contributed by atoms with Crippen LogP contribution in [0.25, 0.3) is 0 Å². The van der Waals surface area contributed by atoms with Crippen LogP contribution in [0.4, 0.5) is 0 Å². The molecule has 0 aromatic heterocycles. The van der Waals surface area contributed by atoms with E-state index in [1.54, 1.807) is 4.90 Å². The highest BCUT2D eigenvalue weighted by Gasteiger charge is 2.50. The summed E-state index contributed by atoms with van der Waals surface area (Å²) in [6.45, 7) is 2.93. The number of carbonyl (C=O) groups is 2. The van der Waals surface area contributed by atoms with Crippen LogP contribution in [0.2, 0.25) is 0 Å². The summed E-state index contributed by atoms with van der Waals surface area (Å²) in [6.07, 6.45) is 6.06. The summed E-state index contributed by atoms with van der Waals surface area (Å²) in [5.74, 6) is 0.244. The zero-order chi connectivity index (χ0) is 12.7. The molecule has 0 spiro atoms. The van der Waals surface area contributed by atoms with Crippen molar-refractivity contribution in [2.24, 2.45) is 11.8 Å². The van der Waals surface area contributed by atoms with E-state index in [-0.39, 0.29) is 29.7 Å². The monoisotopic (exact) mass is 250 g/mol. The first-order valence-electron chi connectivity index (χ1n) is 7.29. The van der Waals surface area contributed by atoms with Gasteiger partial charge in [0.25, 0.3) is 0 Å². The summed E-state index contributed by atoms with van der Waals surface area (Å²) < 4.78 is 0. The second-order valence-corrected chi connectivity index (χ2v) is 6.08. The summed E-state index contributed by atoms with van der Waals surface area (Å²) in [4.78, 5) is 26.4. The van der Waals surface area contributed by atoms with E-state index in [1.165, 1.54) is 0 Å². The Kier molecular flexibility index (Phi) is 3.14. The summed E-state index contributed by atoms with van der Waals surface area (Å²) in [5, 5.41) is 3.39.